The maximum atomic E-state index is 2.52. The number of anilines is 3. The quantitative estimate of drug-likeness (QED) is 0.171. The number of hydrogen-bond donors (Lipinski definition) is 0. The summed E-state index contributed by atoms with van der Waals surface area (Å²) in [5.41, 5.74) is 11.2. The van der Waals surface area contributed by atoms with Crippen LogP contribution in [0, 0.1) is 0 Å². The molecule has 0 N–H and O–H groups in total. The molecule has 9 rings (SSSR count). The summed E-state index contributed by atoms with van der Waals surface area (Å²) in [6.45, 7) is 13.9. The van der Waals surface area contributed by atoms with E-state index >= 15 is 0 Å². The highest BCUT2D eigenvalue weighted by Gasteiger charge is 2.25. The standard InChI is InChI=1S/C52H45NS/c1-51(2,3)37-31-36(32-38(33-37)52(4,5)6)40-24-13-19-35-20-14-25-43(49(35)40)41-22-9-11-27-46(41)53(45-28-15-18-34-17-7-8-21-39(34)45)47-29-16-26-44-42-23-10-12-30-48(42)54-50(44)47/h7-33H,1-6H3. The van der Waals surface area contributed by atoms with Gasteiger partial charge in [0.25, 0.3) is 0 Å². The maximum absolute atomic E-state index is 2.52. The number of nitrogens with zero attached hydrogens (tertiary/aromatic N) is 1. The molecule has 0 aliphatic rings. The molecule has 0 saturated heterocycles. The van der Waals surface area contributed by atoms with Crippen LogP contribution < -0.4 is 4.90 Å². The second-order valence-corrected chi connectivity index (χ2v) is 17.7. The van der Waals surface area contributed by atoms with Crippen LogP contribution >= 0.6 is 11.3 Å². The first-order chi connectivity index (χ1) is 26.1. The van der Waals surface area contributed by atoms with E-state index in [1.165, 1.54) is 86.5 Å². The molecule has 0 spiro atoms. The molecular weight excluding hydrogens is 671 g/mol. The molecule has 0 fully saturated rings. The minimum absolute atomic E-state index is 0.0165. The fourth-order valence-corrected chi connectivity index (χ4v) is 9.26. The van der Waals surface area contributed by atoms with Gasteiger partial charge in [-0.05, 0) is 79.1 Å². The van der Waals surface area contributed by atoms with Crippen LogP contribution in [0.1, 0.15) is 52.7 Å². The van der Waals surface area contributed by atoms with Gasteiger partial charge in [-0.3, -0.25) is 0 Å². The van der Waals surface area contributed by atoms with E-state index in [1.807, 2.05) is 11.3 Å². The molecule has 0 unspecified atom stereocenters. The third-order valence-corrected chi connectivity index (χ3v) is 12.2. The topological polar surface area (TPSA) is 3.24 Å². The zero-order valence-corrected chi connectivity index (χ0v) is 32.8. The molecule has 0 bridgehead atoms. The number of fused-ring (bicyclic) bond motifs is 5. The lowest BCUT2D eigenvalue weighted by molar-refractivity contribution is 0.569. The van der Waals surface area contributed by atoms with Crippen LogP contribution in [0.2, 0.25) is 0 Å². The fourth-order valence-electron chi connectivity index (χ4n) is 8.05. The van der Waals surface area contributed by atoms with Crippen LogP contribution in [0.15, 0.2) is 164 Å². The highest BCUT2D eigenvalue weighted by atomic mass is 32.1. The molecule has 0 amide bonds. The van der Waals surface area contributed by atoms with Crippen molar-refractivity contribution < 1.29 is 0 Å². The third kappa shape index (κ3) is 5.86. The Kier molecular flexibility index (Phi) is 8.21. The van der Waals surface area contributed by atoms with Crippen LogP contribution in [0.5, 0.6) is 0 Å². The van der Waals surface area contributed by atoms with E-state index < -0.39 is 0 Å². The molecule has 54 heavy (non-hydrogen) atoms. The molecule has 2 heteroatoms. The van der Waals surface area contributed by atoms with Crippen molar-refractivity contribution in [2.24, 2.45) is 0 Å². The average Bonchev–Trinajstić information content (AvgIpc) is 3.57. The minimum Gasteiger partial charge on any atom is -0.308 e. The van der Waals surface area contributed by atoms with Crippen molar-refractivity contribution in [2.45, 2.75) is 52.4 Å². The van der Waals surface area contributed by atoms with E-state index in [9.17, 15) is 0 Å². The highest BCUT2D eigenvalue weighted by Crippen LogP contribution is 2.50. The minimum atomic E-state index is 0.0165. The first-order valence-corrected chi connectivity index (χ1v) is 19.8. The number of benzene rings is 8. The first kappa shape index (κ1) is 34.1. The lowest BCUT2D eigenvalue weighted by atomic mass is 9.78. The first-order valence-electron chi connectivity index (χ1n) is 19.0. The summed E-state index contributed by atoms with van der Waals surface area (Å²) in [6.07, 6.45) is 0. The van der Waals surface area contributed by atoms with Gasteiger partial charge in [0.1, 0.15) is 0 Å². The van der Waals surface area contributed by atoms with E-state index in [-0.39, 0.29) is 10.8 Å². The molecular formula is C52H45NS. The predicted octanol–water partition coefficient (Wildman–Crippen LogP) is 15.8. The fraction of sp³-hybridized carbons (Fsp3) is 0.154. The third-order valence-electron chi connectivity index (χ3n) is 10.9. The monoisotopic (exact) mass is 715 g/mol. The summed E-state index contributed by atoms with van der Waals surface area (Å²) in [5.74, 6) is 0. The molecule has 0 atom stereocenters. The summed E-state index contributed by atoms with van der Waals surface area (Å²) >= 11 is 1.88. The van der Waals surface area contributed by atoms with Crippen LogP contribution in [-0.4, -0.2) is 0 Å². The van der Waals surface area contributed by atoms with Crippen molar-refractivity contribution in [1.82, 2.24) is 0 Å². The molecule has 1 heterocycles. The summed E-state index contributed by atoms with van der Waals surface area (Å²) in [6, 6.07) is 61.0. The van der Waals surface area contributed by atoms with Gasteiger partial charge in [0.15, 0.2) is 0 Å². The van der Waals surface area contributed by atoms with Crippen molar-refractivity contribution in [3.63, 3.8) is 0 Å². The molecule has 264 valence electrons. The number of rotatable bonds is 5. The highest BCUT2D eigenvalue weighted by molar-refractivity contribution is 7.26. The molecule has 8 aromatic carbocycles. The Bertz CT molecular complexity index is 2820. The van der Waals surface area contributed by atoms with Crippen LogP contribution in [-0.2, 0) is 10.8 Å². The van der Waals surface area contributed by atoms with Crippen molar-refractivity contribution in [1.29, 1.82) is 0 Å². The van der Waals surface area contributed by atoms with E-state index in [0.717, 1.165) is 5.69 Å². The van der Waals surface area contributed by atoms with Gasteiger partial charge in [0.2, 0.25) is 0 Å². The van der Waals surface area contributed by atoms with Crippen molar-refractivity contribution in [2.75, 3.05) is 4.90 Å². The molecule has 1 aromatic heterocycles. The van der Waals surface area contributed by atoms with Gasteiger partial charge in [-0.15, -0.1) is 11.3 Å². The number of hydrogen-bond acceptors (Lipinski definition) is 2. The van der Waals surface area contributed by atoms with Crippen LogP contribution in [0.3, 0.4) is 0 Å². The van der Waals surface area contributed by atoms with Gasteiger partial charge in [-0.25, -0.2) is 0 Å². The Morgan fingerprint density at radius 2 is 0.926 bits per heavy atom. The Morgan fingerprint density at radius 3 is 1.69 bits per heavy atom. The summed E-state index contributed by atoms with van der Waals surface area (Å²) in [7, 11) is 0. The molecule has 1 nitrogen and oxygen atoms in total. The Morgan fingerprint density at radius 1 is 0.407 bits per heavy atom. The normalized spacial score (nSPS) is 12.3. The van der Waals surface area contributed by atoms with Crippen molar-refractivity contribution in [3.05, 3.63) is 175 Å². The summed E-state index contributed by atoms with van der Waals surface area (Å²) < 4.78 is 2.59. The lowest BCUT2D eigenvalue weighted by Gasteiger charge is -2.30. The van der Waals surface area contributed by atoms with Crippen LogP contribution in [0.4, 0.5) is 17.1 Å². The summed E-state index contributed by atoms with van der Waals surface area (Å²) in [4.78, 5) is 2.52. The van der Waals surface area contributed by atoms with Crippen molar-refractivity contribution >= 4 is 70.1 Å². The largest absolute Gasteiger partial charge is 0.308 e. The smallest absolute Gasteiger partial charge is 0.0640 e. The number of thiophene rings is 1. The van der Waals surface area contributed by atoms with E-state index in [2.05, 4.69) is 210 Å². The number of para-hydroxylation sites is 1. The lowest BCUT2D eigenvalue weighted by Crippen LogP contribution is -2.16. The molecule has 0 aliphatic heterocycles. The molecule has 0 radical (unpaired) electrons. The molecule has 0 aliphatic carbocycles. The Labute approximate surface area is 323 Å². The van der Waals surface area contributed by atoms with Crippen LogP contribution in [0.25, 0.3) is 64.0 Å². The molecule has 0 saturated carbocycles. The summed E-state index contributed by atoms with van der Waals surface area (Å²) in [5, 5.41) is 7.55. The van der Waals surface area contributed by atoms with E-state index in [0.29, 0.717) is 0 Å². The van der Waals surface area contributed by atoms with E-state index in [4.69, 9.17) is 0 Å². The van der Waals surface area contributed by atoms with Gasteiger partial charge < -0.3 is 4.90 Å². The Hall–Kier alpha value is -5.70. The van der Waals surface area contributed by atoms with Gasteiger partial charge in [-0.2, -0.15) is 0 Å². The van der Waals surface area contributed by atoms with Crippen molar-refractivity contribution in [3.8, 4) is 22.3 Å². The van der Waals surface area contributed by atoms with Gasteiger partial charge in [0, 0.05) is 26.4 Å². The predicted molar refractivity (Wildman–Crippen MR) is 237 cm³/mol. The average molecular weight is 716 g/mol. The zero-order chi connectivity index (χ0) is 37.2. The van der Waals surface area contributed by atoms with Gasteiger partial charge >= 0.3 is 0 Å². The maximum Gasteiger partial charge on any atom is 0.0640 e. The zero-order valence-electron chi connectivity index (χ0n) is 31.9. The SMILES string of the molecule is CC(C)(C)c1cc(-c2cccc3cccc(-c4ccccc4N(c4cccc5ccccc45)c4cccc5c4sc4ccccc45)c23)cc(C(C)(C)C)c1. The van der Waals surface area contributed by atoms with E-state index in [1.54, 1.807) is 0 Å². The second kappa shape index (κ2) is 13.0. The Balaban J connectivity index is 1.35. The van der Waals surface area contributed by atoms with Gasteiger partial charge in [-0.1, -0.05) is 181 Å². The van der Waals surface area contributed by atoms with Gasteiger partial charge in [0.05, 0.1) is 21.8 Å². The molecule has 9 aromatic rings. The second-order valence-electron chi connectivity index (χ2n) is 16.6.